The van der Waals surface area contributed by atoms with Crippen molar-refractivity contribution < 1.29 is 9.53 Å². The van der Waals surface area contributed by atoms with E-state index in [-0.39, 0.29) is 11.5 Å². The number of aromatic amines is 1. The number of benzene rings is 1. The maximum Gasteiger partial charge on any atom is 0.301 e. The number of amides is 1. The molecular weight excluding hydrogens is 258 g/mol. The number of carbonyl (C=O) groups excluding carboxylic acids is 1. The number of fused-ring (bicyclic) bond motifs is 1. The number of hydrogen-bond acceptors (Lipinski definition) is 4. The molecule has 101 valence electrons. The van der Waals surface area contributed by atoms with Gasteiger partial charge in [0.2, 0.25) is 5.82 Å². The lowest BCUT2D eigenvalue weighted by molar-refractivity contribution is 0.0996. The molecule has 1 aromatic carbocycles. The number of para-hydroxylation sites is 1. The van der Waals surface area contributed by atoms with Crippen molar-refractivity contribution in [2.45, 2.75) is 13.3 Å². The van der Waals surface area contributed by atoms with Crippen molar-refractivity contribution in [1.29, 1.82) is 0 Å². The van der Waals surface area contributed by atoms with Gasteiger partial charge in [0.05, 0.1) is 12.2 Å². The molecule has 3 rings (SSSR count). The summed E-state index contributed by atoms with van der Waals surface area (Å²) in [5, 5.41) is 14.0. The van der Waals surface area contributed by atoms with Crippen LogP contribution < -0.4 is 10.1 Å². The van der Waals surface area contributed by atoms with Gasteiger partial charge in [0.25, 0.3) is 0 Å². The van der Waals surface area contributed by atoms with Gasteiger partial charge in [-0.05, 0) is 18.6 Å². The number of H-pyrrole nitrogens is 1. The van der Waals surface area contributed by atoms with Crippen LogP contribution in [0.2, 0.25) is 0 Å². The second-order valence-electron chi connectivity index (χ2n) is 4.21. The van der Waals surface area contributed by atoms with E-state index in [9.17, 15) is 4.79 Å². The predicted molar refractivity (Wildman–Crippen MR) is 71.3 cm³/mol. The van der Waals surface area contributed by atoms with Crippen molar-refractivity contribution in [3.63, 3.8) is 0 Å². The van der Waals surface area contributed by atoms with E-state index < -0.39 is 5.91 Å². The summed E-state index contributed by atoms with van der Waals surface area (Å²) in [5.41, 5.74) is 0.878. The van der Waals surface area contributed by atoms with Gasteiger partial charge in [-0.1, -0.05) is 24.3 Å². The van der Waals surface area contributed by atoms with Crippen molar-refractivity contribution in [2.75, 3.05) is 6.61 Å². The second kappa shape index (κ2) is 5.12. The lowest BCUT2D eigenvalue weighted by atomic mass is 10.1. The highest BCUT2D eigenvalue weighted by molar-refractivity contribution is 6.15. The lowest BCUT2D eigenvalue weighted by Crippen LogP contribution is -2.22. The topological polar surface area (TPSA) is 94.3 Å². The fourth-order valence-electron chi connectivity index (χ4n) is 1.83. The highest BCUT2D eigenvalue weighted by Gasteiger charge is 2.26. The summed E-state index contributed by atoms with van der Waals surface area (Å²) in [6, 6.07) is 7.34. The number of aromatic nitrogens is 3. The third-order valence-electron chi connectivity index (χ3n) is 2.75. The van der Waals surface area contributed by atoms with Crippen LogP contribution in [-0.2, 0) is 0 Å². The summed E-state index contributed by atoms with van der Waals surface area (Å²) in [6.07, 6.45) is 0.893. The Kier molecular flexibility index (Phi) is 3.16. The number of hydrogen-bond donors (Lipinski definition) is 1. The molecule has 2 heterocycles. The highest BCUT2D eigenvalue weighted by Crippen LogP contribution is 2.23. The van der Waals surface area contributed by atoms with E-state index in [4.69, 9.17) is 4.74 Å². The molecule has 0 atom stereocenters. The van der Waals surface area contributed by atoms with Crippen LogP contribution in [0.15, 0.2) is 29.3 Å². The van der Waals surface area contributed by atoms with Crippen LogP contribution in [-0.4, -0.2) is 33.8 Å². The third kappa shape index (κ3) is 2.13. The molecule has 0 aliphatic carbocycles. The van der Waals surface area contributed by atoms with Gasteiger partial charge in [0.15, 0.2) is 11.5 Å². The fraction of sp³-hybridized carbons (Fsp3) is 0.231. The van der Waals surface area contributed by atoms with Crippen LogP contribution in [0.5, 0.6) is 5.75 Å². The Bertz CT molecular complexity index is 677. The molecule has 1 aliphatic rings. The summed E-state index contributed by atoms with van der Waals surface area (Å²) in [6.45, 7) is 2.61. The maximum atomic E-state index is 11.9. The van der Waals surface area contributed by atoms with Gasteiger partial charge < -0.3 is 4.74 Å². The Morgan fingerprint density at radius 1 is 1.30 bits per heavy atom. The van der Waals surface area contributed by atoms with Crippen molar-refractivity contribution in [3.05, 3.63) is 35.5 Å². The summed E-state index contributed by atoms with van der Waals surface area (Å²) < 4.78 is 5.65. The van der Waals surface area contributed by atoms with Crippen LogP contribution in [0, 0.1) is 0 Å². The Morgan fingerprint density at radius 2 is 2.15 bits per heavy atom. The van der Waals surface area contributed by atoms with Crippen molar-refractivity contribution in [1.82, 2.24) is 20.7 Å². The number of nitrogens with one attached hydrogen (secondary N) is 1. The Balaban J connectivity index is 1.96. The molecule has 1 N–H and O–H groups in total. The molecule has 1 radical (unpaired) electrons. The maximum absolute atomic E-state index is 11.9. The van der Waals surface area contributed by atoms with Gasteiger partial charge >= 0.3 is 5.91 Å². The molecule has 7 nitrogen and oxygen atoms in total. The van der Waals surface area contributed by atoms with E-state index >= 15 is 0 Å². The molecule has 1 amide bonds. The zero-order chi connectivity index (χ0) is 13.9. The first kappa shape index (κ1) is 12.3. The quantitative estimate of drug-likeness (QED) is 0.909. The van der Waals surface area contributed by atoms with Gasteiger partial charge in [-0.2, -0.15) is 4.99 Å². The SMILES string of the molecule is CCCOc1ccccc1C1=NC(=O)c2[nH]nnc2[N]1. The molecule has 2 aromatic rings. The van der Waals surface area contributed by atoms with E-state index in [1.165, 1.54) is 0 Å². The van der Waals surface area contributed by atoms with Crippen LogP contribution in [0.3, 0.4) is 0 Å². The minimum atomic E-state index is -0.430. The van der Waals surface area contributed by atoms with E-state index in [1.54, 1.807) is 0 Å². The number of aliphatic imine (C=N–C) groups is 1. The van der Waals surface area contributed by atoms with Crippen molar-refractivity contribution >= 4 is 17.6 Å². The number of carbonyl (C=O) groups is 1. The van der Waals surface area contributed by atoms with Crippen LogP contribution in [0.4, 0.5) is 5.82 Å². The summed E-state index contributed by atoms with van der Waals surface area (Å²) in [5.74, 6) is 0.769. The Hall–Kier alpha value is -2.70. The van der Waals surface area contributed by atoms with Crippen molar-refractivity contribution in [3.8, 4) is 5.75 Å². The lowest BCUT2D eigenvalue weighted by Gasteiger charge is -2.14. The summed E-state index contributed by atoms with van der Waals surface area (Å²) in [4.78, 5) is 15.8. The minimum absolute atomic E-state index is 0.209. The predicted octanol–water partition coefficient (Wildman–Crippen LogP) is 1.43. The van der Waals surface area contributed by atoms with Crippen LogP contribution in [0.1, 0.15) is 29.4 Å². The smallest absolute Gasteiger partial charge is 0.301 e. The number of ether oxygens (including phenoxy) is 1. The number of nitrogens with zero attached hydrogens (tertiary/aromatic N) is 4. The molecule has 7 heteroatoms. The largest absolute Gasteiger partial charge is 0.493 e. The molecule has 0 saturated heterocycles. The van der Waals surface area contributed by atoms with Gasteiger partial charge in [0, 0.05) is 0 Å². The molecule has 1 aliphatic heterocycles. The summed E-state index contributed by atoms with van der Waals surface area (Å²) >= 11 is 0. The molecule has 0 fully saturated rings. The normalized spacial score (nSPS) is 13.4. The standard InChI is InChI=1S/C13H12N5O2/c1-2-7-20-9-6-4-3-5-8(9)11-14-12-10(13(19)15-11)16-18-17-12/h3-6H,2,7H2,1H3,(H,16,17,18). The summed E-state index contributed by atoms with van der Waals surface area (Å²) in [7, 11) is 0. The zero-order valence-electron chi connectivity index (χ0n) is 10.8. The molecule has 0 unspecified atom stereocenters. The zero-order valence-corrected chi connectivity index (χ0v) is 10.8. The average molecular weight is 270 g/mol. The number of rotatable bonds is 4. The van der Waals surface area contributed by atoms with E-state index in [2.05, 4.69) is 25.7 Å². The van der Waals surface area contributed by atoms with Crippen LogP contribution >= 0.6 is 0 Å². The first-order chi connectivity index (χ1) is 9.79. The molecule has 20 heavy (non-hydrogen) atoms. The molecular formula is C13H12N5O2. The minimum Gasteiger partial charge on any atom is -0.493 e. The molecule has 0 saturated carbocycles. The van der Waals surface area contributed by atoms with E-state index in [1.807, 2.05) is 31.2 Å². The highest BCUT2D eigenvalue weighted by atomic mass is 16.5. The third-order valence-corrected chi connectivity index (χ3v) is 2.75. The van der Waals surface area contributed by atoms with Gasteiger partial charge in [-0.25, -0.2) is 5.32 Å². The fourth-order valence-corrected chi connectivity index (χ4v) is 1.83. The Morgan fingerprint density at radius 3 is 3.00 bits per heavy atom. The molecule has 1 aromatic heterocycles. The first-order valence-corrected chi connectivity index (χ1v) is 6.27. The molecule has 0 spiro atoms. The van der Waals surface area contributed by atoms with Gasteiger partial charge in [-0.15, -0.1) is 5.10 Å². The number of amidine groups is 1. The molecule has 0 bridgehead atoms. The first-order valence-electron chi connectivity index (χ1n) is 6.27. The Labute approximate surface area is 115 Å². The van der Waals surface area contributed by atoms with Gasteiger partial charge in [-0.3, -0.25) is 9.89 Å². The second-order valence-corrected chi connectivity index (χ2v) is 4.21. The monoisotopic (exact) mass is 270 g/mol. The van der Waals surface area contributed by atoms with E-state index in [0.717, 1.165) is 6.42 Å². The van der Waals surface area contributed by atoms with Crippen molar-refractivity contribution in [2.24, 2.45) is 4.99 Å². The van der Waals surface area contributed by atoms with Gasteiger partial charge in [0.1, 0.15) is 5.75 Å². The average Bonchev–Trinajstić information content (AvgIpc) is 2.94. The van der Waals surface area contributed by atoms with Crippen LogP contribution in [0.25, 0.3) is 0 Å². The van der Waals surface area contributed by atoms with E-state index in [0.29, 0.717) is 23.8 Å².